The number of carbonyl (C=O) groups is 1. The summed E-state index contributed by atoms with van der Waals surface area (Å²) in [5, 5.41) is 6.49. The van der Waals surface area contributed by atoms with E-state index in [-0.39, 0.29) is 11.8 Å². The van der Waals surface area contributed by atoms with Gasteiger partial charge in [0.2, 0.25) is 0 Å². The van der Waals surface area contributed by atoms with E-state index in [1.807, 2.05) is 19.1 Å². The van der Waals surface area contributed by atoms with E-state index in [1.54, 1.807) is 12.1 Å². The zero-order chi connectivity index (χ0) is 18.0. The fraction of sp³-hybridized carbons (Fsp3) is 0.444. The van der Waals surface area contributed by atoms with E-state index >= 15 is 0 Å². The van der Waals surface area contributed by atoms with Crippen LogP contribution in [0.1, 0.15) is 52.5 Å². The summed E-state index contributed by atoms with van der Waals surface area (Å²) in [5.74, 6) is 0.00427. The minimum atomic E-state index is -4.42. The van der Waals surface area contributed by atoms with E-state index in [4.69, 9.17) is 0 Å². The van der Waals surface area contributed by atoms with Gasteiger partial charge in [0.1, 0.15) is 0 Å². The lowest BCUT2D eigenvalue weighted by Crippen LogP contribution is -2.25. The molecule has 134 valence electrons. The molecule has 1 aliphatic carbocycles. The molecule has 4 nitrogen and oxygen atoms in total. The maximum absolute atomic E-state index is 12.8. The highest BCUT2D eigenvalue weighted by Crippen LogP contribution is 2.42. The first-order chi connectivity index (χ1) is 11.8. The molecule has 0 saturated heterocycles. The number of alkyl halides is 3. The van der Waals surface area contributed by atoms with Crippen LogP contribution in [0.25, 0.3) is 0 Å². The second-order valence-electron chi connectivity index (χ2n) is 6.43. The van der Waals surface area contributed by atoms with Gasteiger partial charge in [0.05, 0.1) is 0 Å². The molecule has 1 fully saturated rings. The molecule has 1 aromatic carbocycles. The minimum Gasteiger partial charge on any atom is -0.352 e. The maximum Gasteiger partial charge on any atom is 0.435 e. The fourth-order valence-electron chi connectivity index (χ4n) is 2.69. The third-order valence-corrected chi connectivity index (χ3v) is 4.24. The Kier molecular flexibility index (Phi) is 4.83. The SMILES string of the molecule is Cc1ccc(C(=O)NCCCn2nc(C(F)(F)F)cc2C2CC2)cc1. The average molecular weight is 351 g/mol. The molecule has 1 saturated carbocycles. The summed E-state index contributed by atoms with van der Waals surface area (Å²) < 4.78 is 40.0. The van der Waals surface area contributed by atoms with Crippen LogP contribution in [0.3, 0.4) is 0 Å². The summed E-state index contributed by atoms with van der Waals surface area (Å²) in [5.41, 5.74) is 1.46. The Morgan fingerprint density at radius 1 is 1.28 bits per heavy atom. The summed E-state index contributed by atoms with van der Waals surface area (Å²) in [4.78, 5) is 12.0. The Morgan fingerprint density at radius 2 is 1.96 bits per heavy atom. The fourth-order valence-corrected chi connectivity index (χ4v) is 2.69. The molecule has 7 heteroatoms. The topological polar surface area (TPSA) is 46.9 Å². The molecule has 1 aliphatic rings. The third-order valence-electron chi connectivity index (χ3n) is 4.24. The molecule has 2 aromatic rings. The minimum absolute atomic E-state index is 0.182. The number of nitrogens with zero attached hydrogens (tertiary/aromatic N) is 2. The van der Waals surface area contributed by atoms with Crippen LogP contribution < -0.4 is 5.32 Å². The van der Waals surface area contributed by atoms with Crippen LogP contribution in [0, 0.1) is 6.92 Å². The lowest BCUT2D eigenvalue weighted by atomic mass is 10.1. The molecule has 0 spiro atoms. The van der Waals surface area contributed by atoms with Gasteiger partial charge in [-0.05, 0) is 44.4 Å². The van der Waals surface area contributed by atoms with Crippen molar-refractivity contribution < 1.29 is 18.0 Å². The van der Waals surface area contributed by atoms with Crippen LogP contribution >= 0.6 is 0 Å². The van der Waals surface area contributed by atoms with Gasteiger partial charge >= 0.3 is 6.18 Å². The first-order valence-corrected chi connectivity index (χ1v) is 8.34. The number of hydrogen-bond acceptors (Lipinski definition) is 2. The Labute approximate surface area is 144 Å². The van der Waals surface area contributed by atoms with Crippen molar-refractivity contribution in [3.8, 4) is 0 Å². The molecule has 3 rings (SSSR count). The number of carbonyl (C=O) groups excluding carboxylic acids is 1. The Bertz CT molecular complexity index is 746. The van der Waals surface area contributed by atoms with E-state index in [2.05, 4.69) is 10.4 Å². The number of benzene rings is 1. The number of halogens is 3. The predicted molar refractivity (Wildman–Crippen MR) is 87.3 cm³/mol. The first-order valence-electron chi connectivity index (χ1n) is 8.34. The van der Waals surface area contributed by atoms with E-state index in [0.717, 1.165) is 24.5 Å². The molecular formula is C18H20F3N3O. The molecule has 0 aliphatic heterocycles. The van der Waals surface area contributed by atoms with Gasteiger partial charge in [-0.2, -0.15) is 18.3 Å². The summed E-state index contributed by atoms with van der Waals surface area (Å²) in [6, 6.07) is 8.37. The second-order valence-corrected chi connectivity index (χ2v) is 6.43. The van der Waals surface area contributed by atoms with Gasteiger partial charge in [-0.1, -0.05) is 17.7 Å². The summed E-state index contributed by atoms with van der Waals surface area (Å²) in [6.45, 7) is 2.69. The van der Waals surface area contributed by atoms with E-state index in [9.17, 15) is 18.0 Å². The van der Waals surface area contributed by atoms with Crippen molar-refractivity contribution >= 4 is 5.91 Å². The average Bonchev–Trinajstić information content (AvgIpc) is 3.30. The van der Waals surface area contributed by atoms with Gasteiger partial charge in [-0.25, -0.2) is 0 Å². The standard InChI is InChI=1S/C18H20F3N3O/c1-12-3-5-14(6-4-12)17(25)22-9-2-10-24-15(13-7-8-13)11-16(23-24)18(19,20)21/h3-6,11,13H,2,7-10H2,1H3,(H,22,25). The van der Waals surface area contributed by atoms with Crippen LogP contribution in [-0.4, -0.2) is 22.2 Å². The van der Waals surface area contributed by atoms with Crippen molar-refractivity contribution in [2.75, 3.05) is 6.54 Å². The Morgan fingerprint density at radius 3 is 2.56 bits per heavy atom. The summed E-state index contributed by atoms with van der Waals surface area (Å²) in [6.07, 6.45) is -2.08. The Balaban J connectivity index is 1.54. The number of hydrogen-bond donors (Lipinski definition) is 1. The monoisotopic (exact) mass is 351 g/mol. The lowest BCUT2D eigenvalue weighted by Gasteiger charge is -2.08. The van der Waals surface area contributed by atoms with Gasteiger partial charge in [0.25, 0.3) is 5.91 Å². The van der Waals surface area contributed by atoms with Crippen LogP contribution in [0.2, 0.25) is 0 Å². The van der Waals surface area contributed by atoms with Gasteiger partial charge in [-0.15, -0.1) is 0 Å². The molecule has 0 bridgehead atoms. The highest BCUT2D eigenvalue weighted by Gasteiger charge is 2.37. The maximum atomic E-state index is 12.8. The molecule has 25 heavy (non-hydrogen) atoms. The molecule has 0 atom stereocenters. The zero-order valence-corrected chi connectivity index (χ0v) is 13.9. The van der Waals surface area contributed by atoms with Gasteiger partial charge in [-0.3, -0.25) is 9.48 Å². The van der Waals surface area contributed by atoms with E-state index < -0.39 is 11.9 Å². The molecule has 1 aromatic heterocycles. The van der Waals surface area contributed by atoms with E-state index in [1.165, 1.54) is 4.68 Å². The van der Waals surface area contributed by atoms with Crippen LogP contribution in [0.4, 0.5) is 13.2 Å². The van der Waals surface area contributed by atoms with Gasteiger partial charge in [0.15, 0.2) is 5.69 Å². The zero-order valence-electron chi connectivity index (χ0n) is 13.9. The molecule has 0 unspecified atom stereocenters. The van der Waals surface area contributed by atoms with Crippen LogP contribution in [0.5, 0.6) is 0 Å². The quantitative estimate of drug-likeness (QED) is 0.802. The predicted octanol–water partition coefficient (Wildman–Crippen LogP) is 3.91. The number of aryl methyl sites for hydroxylation is 2. The van der Waals surface area contributed by atoms with Crippen molar-refractivity contribution in [3.05, 3.63) is 52.8 Å². The molecule has 1 amide bonds. The van der Waals surface area contributed by atoms with Crippen molar-refractivity contribution in [1.82, 2.24) is 15.1 Å². The number of aromatic nitrogens is 2. The first kappa shape index (κ1) is 17.5. The van der Waals surface area contributed by atoms with Gasteiger partial charge in [0, 0.05) is 30.3 Å². The van der Waals surface area contributed by atoms with Crippen LogP contribution in [-0.2, 0) is 12.7 Å². The Hall–Kier alpha value is -2.31. The van der Waals surface area contributed by atoms with Crippen molar-refractivity contribution in [1.29, 1.82) is 0 Å². The number of amides is 1. The highest BCUT2D eigenvalue weighted by atomic mass is 19.4. The van der Waals surface area contributed by atoms with Crippen LogP contribution in [0.15, 0.2) is 30.3 Å². The summed E-state index contributed by atoms with van der Waals surface area (Å²) in [7, 11) is 0. The molecule has 1 N–H and O–H groups in total. The third kappa shape index (κ3) is 4.41. The number of rotatable bonds is 6. The molecule has 1 heterocycles. The lowest BCUT2D eigenvalue weighted by molar-refractivity contribution is -0.141. The van der Waals surface area contributed by atoms with Crippen molar-refractivity contribution in [2.24, 2.45) is 0 Å². The normalized spacial score (nSPS) is 14.6. The molecular weight excluding hydrogens is 331 g/mol. The largest absolute Gasteiger partial charge is 0.435 e. The van der Waals surface area contributed by atoms with Gasteiger partial charge < -0.3 is 5.32 Å². The highest BCUT2D eigenvalue weighted by molar-refractivity contribution is 5.94. The second kappa shape index (κ2) is 6.90. The smallest absolute Gasteiger partial charge is 0.352 e. The number of nitrogens with one attached hydrogen (secondary N) is 1. The van der Waals surface area contributed by atoms with E-state index in [0.29, 0.717) is 30.8 Å². The van der Waals surface area contributed by atoms with Crippen molar-refractivity contribution in [2.45, 2.75) is 44.8 Å². The summed E-state index contributed by atoms with van der Waals surface area (Å²) >= 11 is 0. The van der Waals surface area contributed by atoms with Crippen molar-refractivity contribution in [3.63, 3.8) is 0 Å². The molecule has 0 radical (unpaired) electrons.